The molecule has 0 bridgehead atoms. The molecule has 0 aliphatic carbocycles. The molecule has 2 N–H and O–H groups in total. The van der Waals surface area contributed by atoms with Gasteiger partial charge in [0.1, 0.15) is 6.61 Å². The summed E-state index contributed by atoms with van der Waals surface area (Å²) in [5.74, 6) is -3.07. The number of aryl methyl sites for hydroxylation is 2. The van der Waals surface area contributed by atoms with E-state index in [1.165, 1.54) is 0 Å². The summed E-state index contributed by atoms with van der Waals surface area (Å²) in [6.07, 6.45) is 2.55. The standard InChI is InChI=1S/C25H27F2N3O/c1-17-6-9-23(28-13-17)22-12-20(8-7-18(22)2)29-24-5-3-4-19-14-30(11-10-21(19)24)15-25(26,27)16-31/h3-9,12-13,29,31H,10-11,14-16H2,1-2H3. The molecule has 0 saturated heterocycles. The van der Waals surface area contributed by atoms with Crippen LogP contribution >= 0.6 is 0 Å². The zero-order valence-electron chi connectivity index (χ0n) is 17.8. The highest BCUT2D eigenvalue weighted by atomic mass is 19.3. The number of fused-ring (bicyclic) bond motifs is 1. The number of alkyl halides is 2. The predicted molar refractivity (Wildman–Crippen MR) is 120 cm³/mol. The van der Waals surface area contributed by atoms with E-state index in [0.29, 0.717) is 19.5 Å². The van der Waals surface area contributed by atoms with Crippen LogP contribution in [0.25, 0.3) is 11.3 Å². The molecule has 0 unspecified atom stereocenters. The van der Waals surface area contributed by atoms with Crippen molar-refractivity contribution < 1.29 is 13.9 Å². The molecule has 31 heavy (non-hydrogen) atoms. The van der Waals surface area contributed by atoms with Crippen LogP contribution in [0.3, 0.4) is 0 Å². The number of aliphatic hydroxyl groups is 1. The molecule has 0 spiro atoms. The number of aromatic nitrogens is 1. The summed E-state index contributed by atoms with van der Waals surface area (Å²) in [5, 5.41) is 12.4. The molecule has 1 aliphatic rings. The van der Waals surface area contributed by atoms with Crippen LogP contribution in [0.1, 0.15) is 22.3 Å². The predicted octanol–water partition coefficient (Wildman–Crippen LogP) is 5.09. The lowest BCUT2D eigenvalue weighted by Crippen LogP contribution is -2.41. The van der Waals surface area contributed by atoms with E-state index in [4.69, 9.17) is 5.11 Å². The first kappa shape index (κ1) is 21.4. The number of hydrogen-bond acceptors (Lipinski definition) is 4. The van der Waals surface area contributed by atoms with Crippen LogP contribution in [0.4, 0.5) is 20.2 Å². The lowest BCUT2D eigenvalue weighted by atomic mass is 9.97. The number of nitrogens with zero attached hydrogens (tertiary/aromatic N) is 2. The Morgan fingerprint density at radius 2 is 1.97 bits per heavy atom. The Hall–Kier alpha value is -2.83. The van der Waals surface area contributed by atoms with Crippen LogP contribution in [-0.2, 0) is 13.0 Å². The van der Waals surface area contributed by atoms with Crippen LogP contribution in [0, 0.1) is 13.8 Å². The van der Waals surface area contributed by atoms with Gasteiger partial charge in [-0.3, -0.25) is 9.88 Å². The maximum atomic E-state index is 13.6. The number of nitrogens with one attached hydrogen (secondary N) is 1. The van der Waals surface area contributed by atoms with E-state index in [0.717, 1.165) is 44.9 Å². The van der Waals surface area contributed by atoms with Gasteiger partial charge in [-0.15, -0.1) is 0 Å². The molecule has 2 heterocycles. The van der Waals surface area contributed by atoms with Crippen LogP contribution in [0.2, 0.25) is 0 Å². The third-order valence-electron chi connectivity index (χ3n) is 5.74. The Bertz CT molecular complexity index is 1070. The molecule has 0 fully saturated rings. The molecule has 6 heteroatoms. The topological polar surface area (TPSA) is 48.4 Å². The molecule has 4 rings (SSSR count). The quantitative estimate of drug-likeness (QED) is 0.580. The number of benzene rings is 2. The summed E-state index contributed by atoms with van der Waals surface area (Å²) < 4.78 is 27.2. The molecule has 2 aromatic carbocycles. The molecule has 162 valence electrons. The van der Waals surface area contributed by atoms with E-state index in [1.54, 1.807) is 4.90 Å². The average Bonchev–Trinajstić information content (AvgIpc) is 2.75. The molecule has 1 aliphatic heterocycles. The SMILES string of the molecule is Cc1ccc(-c2cc(Nc3cccc4c3CCN(CC(F)(F)CO)C4)ccc2C)nc1. The third kappa shape index (κ3) is 4.92. The number of pyridine rings is 1. The van der Waals surface area contributed by atoms with Gasteiger partial charge in [0.2, 0.25) is 0 Å². The summed E-state index contributed by atoms with van der Waals surface area (Å²) in [5.41, 5.74) is 8.44. The molecule has 1 aromatic heterocycles. The lowest BCUT2D eigenvalue weighted by Gasteiger charge is -2.32. The summed E-state index contributed by atoms with van der Waals surface area (Å²) in [4.78, 5) is 6.26. The normalized spacial score (nSPS) is 14.4. The maximum Gasteiger partial charge on any atom is 0.283 e. The summed E-state index contributed by atoms with van der Waals surface area (Å²) in [7, 11) is 0. The second kappa shape index (κ2) is 8.73. The maximum absolute atomic E-state index is 13.6. The summed E-state index contributed by atoms with van der Waals surface area (Å²) in [6.45, 7) is 3.53. The van der Waals surface area contributed by atoms with E-state index in [-0.39, 0.29) is 0 Å². The fraction of sp³-hybridized carbons (Fsp3) is 0.320. The lowest BCUT2D eigenvalue weighted by molar-refractivity contribution is -0.0749. The fourth-order valence-corrected chi connectivity index (χ4v) is 4.06. The van der Waals surface area contributed by atoms with E-state index in [1.807, 2.05) is 43.5 Å². The molecule has 0 amide bonds. The first-order valence-corrected chi connectivity index (χ1v) is 10.5. The highest BCUT2D eigenvalue weighted by Gasteiger charge is 2.32. The first-order valence-electron chi connectivity index (χ1n) is 10.5. The van der Waals surface area contributed by atoms with Crippen molar-refractivity contribution in [3.63, 3.8) is 0 Å². The van der Waals surface area contributed by atoms with Gasteiger partial charge in [0, 0.05) is 36.2 Å². The highest BCUT2D eigenvalue weighted by Crippen LogP contribution is 2.32. The van der Waals surface area contributed by atoms with Crippen molar-refractivity contribution in [3.8, 4) is 11.3 Å². The fourth-order valence-electron chi connectivity index (χ4n) is 4.06. The monoisotopic (exact) mass is 423 g/mol. The Labute approximate surface area is 181 Å². The molecular weight excluding hydrogens is 396 g/mol. The van der Waals surface area contributed by atoms with Crippen molar-refractivity contribution in [3.05, 3.63) is 77.0 Å². The number of aliphatic hydroxyl groups excluding tert-OH is 1. The van der Waals surface area contributed by atoms with Crippen LogP contribution in [0.15, 0.2) is 54.7 Å². The van der Waals surface area contributed by atoms with Crippen molar-refractivity contribution >= 4 is 11.4 Å². The second-order valence-corrected chi connectivity index (χ2v) is 8.29. The summed E-state index contributed by atoms with van der Waals surface area (Å²) in [6, 6.07) is 16.3. The molecule has 4 nitrogen and oxygen atoms in total. The van der Waals surface area contributed by atoms with Gasteiger partial charge in [0.25, 0.3) is 5.92 Å². The third-order valence-corrected chi connectivity index (χ3v) is 5.74. The minimum atomic E-state index is -3.07. The highest BCUT2D eigenvalue weighted by molar-refractivity contribution is 5.73. The van der Waals surface area contributed by atoms with Crippen LogP contribution < -0.4 is 5.32 Å². The smallest absolute Gasteiger partial charge is 0.283 e. The molecule has 0 radical (unpaired) electrons. The second-order valence-electron chi connectivity index (χ2n) is 8.29. The van der Waals surface area contributed by atoms with Gasteiger partial charge in [0.15, 0.2) is 0 Å². The van der Waals surface area contributed by atoms with Gasteiger partial charge < -0.3 is 10.4 Å². The van der Waals surface area contributed by atoms with E-state index < -0.39 is 19.1 Å². The Morgan fingerprint density at radius 1 is 1.13 bits per heavy atom. The molecule has 0 atom stereocenters. The van der Waals surface area contributed by atoms with Gasteiger partial charge in [0.05, 0.1) is 12.2 Å². The minimum Gasteiger partial charge on any atom is -0.390 e. The van der Waals surface area contributed by atoms with Gasteiger partial charge in [-0.25, -0.2) is 8.78 Å². The number of rotatable bonds is 6. The van der Waals surface area contributed by atoms with Gasteiger partial charge in [-0.05, 0) is 66.8 Å². The van der Waals surface area contributed by atoms with E-state index in [2.05, 4.69) is 35.4 Å². The number of anilines is 2. The van der Waals surface area contributed by atoms with Gasteiger partial charge in [-0.2, -0.15) is 0 Å². The van der Waals surface area contributed by atoms with Crippen LogP contribution in [-0.4, -0.2) is 40.6 Å². The van der Waals surface area contributed by atoms with Crippen molar-refractivity contribution in [2.24, 2.45) is 0 Å². The number of halogens is 2. The average molecular weight is 424 g/mol. The van der Waals surface area contributed by atoms with Crippen molar-refractivity contribution in [1.82, 2.24) is 9.88 Å². The summed E-state index contributed by atoms with van der Waals surface area (Å²) >= 11 is 0. The first-order chi connectivity index (χ1) is 14.8. The van der Waals surface area contributed by atoms with Crippen molar-refractivity contribution in [1.29, 1.82) is 0 Å². The zero-order valence-corrected chi connectivity index (χ0v) is 17.8. The largest absolute Gasteiger partial charge is 0.390 e. The van der Waals surface area contributed by atoms with Gasteiger partial charge in [-0.1, -0.05) is 24.3 Å². The number of hydrogen-bond donors (Lipinski definition) is 2. The van der Waals surface area contributed by atoms with Crippen LogP contribution in [0.5, 0.6) is 0 Å². The molecule has 0 saturated carbocycles. The Morgan fingerprint density at radius 3 is 2.71 bits per heavy atom. The minimum absolute atomic E-state index is 0.425. The Balaban J connectivity index is 1.56. The van der Waals surface area contributed by atoms with E-state index >= 15 is 0 Å². The van der Waals surface area contributed by atoms with Crippen molar-refractivity contribution in [2.75, 3.05) is 25.0 Å². The van der Waals surface area contributed by atoms with E-state index in [9.17, 15) is 8.78 Å². The van der Waals surface area contributed by atoms with Crippen molar-refractivity contribution in [2.45, 2.75) is 32.7 Å². The zero-order chi connectivity index (χ0) is 22.0. The Kier molecular flexibility index (Phi) is 6.03. The molecule has 3 aromatic rings. The van der Waals surface area contributed by atoms with Gasteiger partial charge >= 0.3 is 0 Å². The molecular formula is C25H27F2N3O.